The standard InChI is InChI=1S/C17H21N5O/c1-4-10-21(5-2)16-11-15(20-17-18-12-19-22(16)17)13-6-8-14(23-3)9-7-13/h6-9,11-12H,4-5,10H2,1-3H3. The molecule has 1 aromatic carbocycles. The average Bonchev–Trinajstić information content (AvgIpc) is 3.07. The van der Waals surface area contributed by atoms with Crippen LogP contribution >= 0.6 is 0 Å². The van der Waals surface area contributed by atoms with Gasteiger partial charge in [0.15, 0.2) is 0 Å². The van der Waals surface area contributed by atoms with Gasteiger partial charge < -0.3 is 9.64 Å². The fourth-order valence-electron chi connectivity index (χ4n) is 2.64. The number of anilines is 1. The molecule has 0 saturated heterocycles. The second-order valence-corrected chi connectivity index (χ2v) is 5.28. The zero-order chi connectivity index (χ0) is 16.2. The SMILES string of the molecule is CCCN(CC)c1cc(-c2ccc(OC)cc2)nc2ncnn12. The van der Waals surface area contributed by atoms with Crippen molar-refractivity contribution in [2.75, 3.05) is 25.1 Å². The van der Waals surface area contributed by atoms with Crippen molar-refractivity contribution in [3.05, 3.63) is 36.7 Å². The van der Waals surface area contributed by atoms with E-state index in [4.69, 9.17) is 4.74 Å². The van der Waals surface area contributed by atoms with E-state index in [1.165, 1.54) is 0 Å². The Labute approximate surface area is 135 Å². The van der Waals surface area contributed by atoms with Gasteiger partial charge in [-0.05, 0) is 37.6 Å². The molecular weight excluding hydrogens is 290 g/mol. The summed E-state index contributed by atoms with van der Waals surface area (Å²) >= 11 is 0. The highest BCUT2D eigenvalue weighted by molar-refractivity contribution is 5.66. The molecular formula is C17H21N5O. The molecule has 6 nitrogen and oxygen atoms in total. The van der Waals surface area contributed by atoms with E-state index in [9.17, 15) is 0 Å². The lowest BCUT2D eigenvalue weighted by atomic mass is 10.1. The van der Waals surface area contributed by atoms with Crippen LogP contribution in [0.3, 0.4) is 0 Å². The summed E-state index contributed by atoms with van der Waals surface area (Å²) in [6.07, 6.45) is 2.62. The van der Waals surface area contributed by atoms with Crippen molar-refractivity contribution in [1.29, 1.82) is 0 Å². The van der Waals surface area contributed by atoms with E-state index in [1.54, 1.807) is 18.0 Å². The lowest BCUT2D eigenvalue weighted by Crippen LogP contribution is -2.26. The summed E-state index contributed by atoms with van der Waals surface area (Å²) < 4.78 is 7.02. The van der Waals surface area contributed by atoms with E-state index >= 15 is 0 Å². The fraction of sp³-hybridized carbons (Fsp3) is 0.353. The number of nitrogens with zero attached hydrogens (tertiary/aromatic N) is 5. The van der Waals surface area contributed by atoms with E-state index in [-0.39, 0.29) is 0 Å². The molecule has 120 valence electrons. The molecule has 0 unspecified atom stereocenters. The Morgan fingerprint density at radius 3 is 2.61 bits per heavy atom. The Hall–Kier alpha value is -2.63. The molecule has 0 atom stereocenters. The predicted octanol–water partition coefficient (Wildman–Crippen LogP) is 3.04. The minimum atomic E-state index is 0.614. The summed E-state index contributed by atoms with van der Waals surface area (Å²) in [6, 6.07) is 9.97. The van der Waals surface area contributed by atoms with Gasteiger partial charge in [0.25, 0.3) is 5.78 Å². The molecule has 3 rings (SSSR count). The molecule has 0 bridgehead atoms. The number of hydrogen-bond acceptors (Lipinski definition) is 5. The first-order valence-corrected chi connectivity index (χ1v) is 7.87. The van der Waals surface area contributed by atoms with Gasteiger partial charge in [-0.1, -0.05) is 6.92 Å². The maximum Gasteiger partial charge on any atom is 0.254 e. The van der Waals surface area contributed by atoms with E-state index in [0.29, 0.717) is 5.78 Å². The van der Waals surface area contributed by atoms with Gasteiger partial charge in [0.1, 0.15) is 17.9 Å². The minimum absolute atomic E-state index is 0.614. The summed E-state index contributed by atoms with van der Waals surface area (Å²) in [5.74, 6) is 2.46. The zero-order valence-electron chi connectivity index (χ0n) is 13.7. The highest BCUT2D eigenvalue weighted by atomic mass is 16.5. The highest BCUT2D eigenvalue weighted by Gasteiger charge is 2.13. The summed E-state index contributed by atoms with van der Waals surface area (Å²) in [5.41, 5.74) is 1.92. The van der Waals surface area contributed by atoms with Gasteiger partial charge in [0, 0.05) is 24.7 Å². The molecule has 23 heavy (non-hydrogen) atoms. The highest BCUT2D eigenvalue weighted by Crippen LogP contribution is 2.25. The average molecular weight is 311 g/mol. The Morgan fingerprint density at radius 2 is 1.96 bits per heavy atom. The maximum absolute atomic E-state index is 5.22. The lowest BCUT2D eigenvalue weighted by Gasteiger charge is -2.23. The van der Waals surface area contributed by atoms with Crippen LogP contribution in [0.1, 0.15) is 20.3 Å². The normalized spacial score (nSPS) is 10.9. The maximum atomic E-state index is 5.22. The molecule has 0 radical (unpaired) electrons. The molecule has 0 saturated carbocycles. The number of fused-ring (bicyclic) bond motifs is 1. The van der Waals surface area contributed by atoms with E-state index in [0.717, 1.165) is 42.3 Å². The Morgan fingerprint density at radius 1 is 1.17 bits per heavy atom. The predicted molar refractivity (Wildman–Crippen MR) is 90.9 cm³/mol. The number of aromatic nitrogens is 4. The molecule has 2 aromatic heterocycles. The third-order valence-corrected chi connectivity index (χ3v) is 3.82. The van der Waals surface area contributed by atoms with E-state index in [2.05, 4.69) is 39.9 Å². The fourth-order valence-corrected chi connectivity index (χ4v) is 2.64. The van der Waals surface area contributed by atoms with E-state index in [1.807, 2.05) is 24.3 Å². The molecule has 0 aliphatic heterocycles. The molecule has 0 spiro atoms. The monoisotopic (exact) mass is 311 g/mol. The molecule has 3 aromatic rings. The van der Waals surface area contributed by atoms with Crippen LogP contribution < -0.4 is 9.64 Å². The van der Waals surface area contributed by atoms with Gasteiger partial charge >= 0.3 is 0 Å². The van der Waals surface area contributed by atoms with Gasteiger partial charge in [-0.2, -0.15) is 14.6 Å². The molecule has 6 heteroatoms. The first-order valence-electron chi connectivity index (χ1n) is 7.87. The second kappa shape index (κ2) is 6.64. The number of rotatable bonds is 6. The Balaban J connectivity index is 2.10. The van der Waals surface area contributed by atoms with Gasteiger partial charge in [-0.15, -0.1) is 0 Å². The van der Waals surface area contributed by atoms with Gasteiger partial charge in [-0.25, -0.2) is 4.98 Å². The van der Waals surface area contributed by atoms with Crippen molar-refractivity contribution in [2.24, 2.45) is 0 Å². The topological polar surface area (TPSA) is 55.5 Å². The number of hydrogen-bond donors (Lipinski definition) is 0. The van der Waals surface area contributed by atoms with Crippen LogP contribution in [-0.4, -0.2) is 39.8 Å². The first kappa shape index (κ1) is 15.3. The lowest BCUT2D eigenvalue weighted by molar-refractivity contribution is 0.415. The van der Waals surface area contributed by atoms with Crippen LogP contribution in [0.25, 0.3) is 17.0 Å². The van der Waals surface area contributed by atoms with Crippen molar-refractivity contribution >= 4 is 11.6 Å². The number of methoxy groups -OCH3 is 1. The summed E-state index contributed by atoms with van der Waals surface area (Å²) in [5, 5.41) is 4.31. The zero-order valence-corrected chi connectivity index (χ0v) is 13.7. The molecule has 2 heterocycles. The van der Waals surface area contributed by atoms with Gasteiger partial charge in [0.05, 0.1) is 12.8 Å². The third-order valence-electron chi connectivity index (χ3n) is 3.82. The Bertz CT molecular complexity index is 781. The van der Waals surface area contributed by atoms with Crippen LogP contribution in [0.15, 0.2) is 36.7 Å². The number of ether oxygens (including phenoxy) is 1. The molecule has 0 aliphatic carbocycles. The molecule has 0 amide bonds. The van der Waals surface area contributed by atoms with Crippen molar-refractivity contribution in [1.82, 2.24) is 19.6 Å². The van der Waals surface area contributed by atoms with E-state index < -0.39 is 0 Å². The Kier molecular flexibility index (Phi) is 4.41. The van der Waals surface area contributed by atoms with Crippen molar-refractivity contribution in [3.8, 4) is 17.0 Å². The van der Waals surface area contributed by atoms with Crippen LogP contribution in [0.5, 0.6) is 5.75 Å². The number of benzene rings is 1. The van der Waals surface area contributed by atoms with Crippen LogP contribution in [0, 0.1) is 0 Å². The smallest absolute Gasteiger partial charge is 0.254 e. The first-order chi connectivity index (χ1) is 11.3. The third kappa shape index (κ3) is 2.97. The summed E-state index contributed by atoms with van der Waals surface area (Å²) in [4.78, 5) is 11.2. The largest absolute Gasteiger partial charge is 0.497 e. The quantitative estimate of drug-likeness (QED) is 0.700. The van der Waals surface area contributed by atoms with Crippen molar-refractivity contribution < 1.29 is 4.74 Å². The van der Waals surface area contributed by atoms with Gasteiger partial charge in [-0.3, -0.25) is 0 Å². The summed E-state index contributed by atoms with van der Waals surface area (Å²) in [7, 11) is 1.66. The second-order valence-electron chi connectivity index (χ2n) is 5.28. The van der Waals surface area contributed by atoms with Crippen LogP contribution in [-0.2, 0) is 0 Å². The molecule has 0 N–H and O–H groups in total. The van der Waals surface area contributed by atoms with Crippen LogP contribution in [0.2, 0.25) is 0 Å². The van der Waals surface area contributed by atoms with Gasteiger partial charge in [0.2, 0.25) is 0 Å². The minimum Gasteiger partial charge on any atom is -0.497 e. The van der Waals surface area contributed by atoms with Crippen LogP contribution in [0.4, 0.5) is 5.82 Å². The van der Waals surface area contributed by atoms with Crippen molar-refractivity contribution in [2.45, 2.75) is 20.3 Å². The van der Waals surface area contributed by atoms with Crippen molar-refractivity contribution in [3.63, 3.8) is 0 Å². The molecule has 0 fully saturated rings. The summed E-state index contributed by atoms with van der Waals surface area (Å²) in [6.45, 7) is 6.20. The molecule has 0 aliphatic rings.